The zero-order valence-electron chi connectivity index (χ0n) is 26.3. The van der Waals surface area contributed by atoms with Crippen LogP contribution in [0.1, 0.15) is 36.5 Å². The van der Waals surface area contributed by atoms with Crippen molar-refractivity contribution in [3.8, 4) is 0 Å². The zero-order chi connectivity index (χ0) is 31.4. The summed E-state index contributed by atoms with van der Waals surface area (Å²) in [7, 11) is 8.63. The molecule has 0 amide bonds. The van der Waals surface area contributed by atoms with Crippen molar-refractivity contribution in [2.45, 2.75) is 73.9 Å². The fourth-order valence-corrected chi connectivity index (χ4v) is 12.3. The number of piperidine rings is 1. The van der Waals surface area contributed by atoms with Crippen LogP contribution in [0.5, 0.6) is 0 Å². The Morgan fingerprint density at radius 2 is 1.75 bits per heavy atom. The molecule has 11 heteroatoms. The SMILES string of the molecule is COC[C@@]12CC[C@H](OC)[C@@]34[C@@H]5C[C@@]6(O)[C@H](OC(=O)c7ccccc7)[C@@H]5[C@@](OC(C)=O)([C@@H]([C@H](OC)[C@H]13)[C@H]4N(C)C2)[C@@H](O)[C@@H]6OC. The van der Waals surface area contributed by atoms with Gasteiger partial charge in [0.15, 0.2) is 5.60 Å². The first kappa shape index (κ1) is 30.5. The Morgan fingerprint density at radius 3 is 2.36 bits per heavy atom. The van der Waals surface area contributed by atoms with E-state index >= 15 is 0 Å². The number of aliphatic hydroxyl groups is 2. The molecule has 6 fully saturated rings. The average molecular weight is 616 g/mol. The molecule has 6 aliphatic rings. The highest BCUT2D eigenvalue weighted by Gasteiger charge is 2.91. The van der Waals surface area contributed by atoms with Gasteiger partial charge in [-0.1, -0.05) is 18.2 Å². The van der Waals surface area contributed by atoms with Gasteiger partial charge in [0.05, 0.1) is 24.4 Å². The van der Waals surface area contributed by atoms with Crippen LogP contribution in [0.3, 0.4) is 0 Å². The van der Waals surface area contributed by atoms with Crippen LogP contribution in [0, 0.1) is 34.5 Å². The van der Waals surface area contributed by atoms with Crippen molar-refractivity contribution in [1.82, 2.24) is 4.90 Å². The van der Waals surface area contributed by atoms with Crippen LogP contribution in [0.4, 0.5) is 0 Å². The van der Waals surface area contributed by atoms with Gasteiger partial charge in [-0.2, -0.15) is 0 Å². The fraction of sp³-hybridized carbons (Fsp3) is 0.758. The first-order valence-corrected chi connectivity index (χ1v) is 15.7. The van der Waals surface area contributed by atoms with E-state index in [2.05, 4.69) is 11.9 Å². The van der Waals surface area contributed by atoms with Gasteiger partial charge in [-0.05, 0) is 44.4 Å². The topological polar surface area (TPSA) is 133 Å². The Balaban J connectivity index is 1.51. The highest BCUT2D eigenvalue weighted by atomic mass is 16.6. The second kappa shape index (κ2) is 10.2. The van der Waals surface area contributed by atoms with Crippen LogP contribution in [-0.2, 0) is 33.2 Å². The summed E-state index contributed by atoms with van der Waals surface area (Å²) in [5, 5.41) is 25.1. The molecule has 0 radical (unpaired) electrons. The lowest BCUT2D eigenvalue weighted by Crippen LogP contribution is -2.80. The minimum atomic E-state index is -1.76. The number of carbonyl (C=O) groups is 2. The van der Waals surface area contributed by atoms with Gasteiger partial charge in [0.25, 0.3) is 0 Å². The number of aliphatic hydroxyl groups excluding tert-OH is 1. The van der Waals surface area contributed by atoms with Crippen molar-refractivity contribution in [2.24, 2.45) is 34.5 Å². The van der Waals surface area contributed by atoms with Crippen molar-refractivity contribution < 1.29 is 48.2 Å². The number of methoxy groups -OCH3 is 4. The van der Waals surface area contributed by atoms with E-state index in [1.54, 1.807) is 45.6 Å². The summed E-state index contributed by atoms with van der Waals surface area (Å²) in [6, 6.07) is 8.39. The van der Waals surface area contributed by atoms with E-state index in [0.29, 0.717) is 12.2 Å². The number of hydrogen-bond acceptors (Lipinski definition) is 11. The van der Waals surface area contributed by atoms with Crippen molar-refractivity contribution in [3.63, 3.8) is 0 Å². The van der Waals surface area contributed by atoms with Crippen LogP contribution in [0.2, 0.25) is 0 Å². The Bertz CT molecular complexity index is 1310. The summed E-state index contributed by atoms with van der Waals surface area (Å²) in [5.74, 6) is -2.96. The largest absolute Gasteiger partial charge is 0.455 e. The molecule has 44 heavy (non-hydrogen) atoms. The van der Waals surface area contributed by atoms with Crippen molar-refractivity contribution in [1.29, 1.82) is 0 Å². The maximum atomic E-state index is 13.7. The monoisotopic (exact) mass is 615 g/mol. The number of ether oxygens (including phenoxy) is 6. The van der Waals surface area contributed by atoms with Crippen LogP contribution in [0.25, 0.3) is 0 Å². The lowest BCUT2D eigenvalue weighted by atomic mass is 9.43. The zero-order valence-corrected chi connectivity index (χ0v) is 26.3. The van der Waals surface area contributed by atoms with E-state index in [9.17, 15) is 19.8 Å². The number of rotatable bonds is 8. The maximum absolute atomic E-state index is 13.7. The van der Waals surface area contributed by atoms with Gasteiger partial charge < -0.3 is 43.5 Å². The first-order valence-electron chi connectivity index (χ1n) is 15.7. The molecular weight excluding hydrogens is 570 g/mol. The Kier molecular flexibility index (Phi) is 7.07. The van der Waals surface area contributed by atoms with E-state index in [0.717, 1.165) is 19.4 Å². The molecular formula is C33H45NO10. The molecule has 1 spiro atoms. The molecule has 1 aromatic rings. The van der Waals surface area contributed by atoms with Gasteiger partial charge in [0, 0.05) is 76.5 Å². The summed E-state index contributed by atoms with van der Waals surface area (Å²) in [6.45, 7) is 2.56. The predicted octanol–water partition coefficient (Wildman–Crippen LogP) is 1.29. The number of benzene rings is 1. The van der Waals surface area contributed by atoms with Crippen molar-refractivity contribution >= 4 is 11.9 Å². The quantitative estimate of drug-likeness (QED) is 0.410. The van der Waals surface area contributed by atoms with Gasteiger partial charge in [-0.3, -0.25) is 4.79 Å². The van der Waals surface area contributed by atoms with E-state index < -0.39 is 64.8 Å². The van der Waals surface area contributed by atoms with Crippen LogP contribution < -0.4 is 0 Å². The number of fused-ring (bicyclic) bond motifs is 2. The minimum Gasteiger partial charge on any atom is -0.455 e. The number of nitrogens with zero attached hydrogens (tertiary/aromatic N) is 1. The van der Waals surface area contributed by atoms with Crippen molar-refractivity contribution in [2.75, 3.05) is 48.6 Å². The Labute approximate surface area is 258 Å². The highest BCUT2D eigenvalue weighted by molar-refractivity contribution is 5.89. The normalized spacial score (nSPS) is 49.9. The third-order valence-electron chi connectivity index (χ3n) is 12.8. The summed E-state index contributed by atoms with van der Waals surface area (Å²) < 4.78 is 37.5. The smallest absolute Gasteiger partial charge is 0.338 e. The van der Waals surface area contributed by atoms with Gasteiger partial charge in [-0.15, -0.1) is 0 Å². The molecule has 1 heterocycles. The summed E-state index contributed by atoms with van der Waals surface area (Å²) in [4.78, 5) is 29.2. The molecule has 1 saturated heterocycles. The molecule has 2 N–H and O–H groups in total. The van der Waals surface area contributed by atoms with Gasteiger partial charge in [0.2, 0.25) is 0 Å². The Morgan fingerprint density at radius 1 is 1.02 bits per heavy atom. The molecule has 242 valence electrons. The van der Waals surface area contributed by atoms with Crippen LogP contribution >= 0.6 is 0 Å². The molecule has 7 rings (SSSR count). The molecule has 11 nitrogen and oxygen atoms in total. The number of likely N-dealkylation sites (tertiary alicyclic amines) is 1. The number of hydrogen-bond donors (Lipinski definition) is 2. The number of carbonyl (C=O) groups excluding carboxylic acids is 2. The molecule has 7 bridgehead atoms. The first-order chi connectivity index (χ1) is 21.0. The summed E-state index contributed by atoms with van der Waals surface area (Å²) in [6.07, 6.45) is -2.66. The molecule has 5 saturated carbocycles. The lowest BCUT2D eigenvalue weighted by Gasteiger charge is -2.69. The molecule has 1 aromatic carbocycles. The Hall–Kier alpha value is -2.12. The molecule has 14 atom stereocenters. The fourth-order valence-electron chi connectivity index (χ4n) is 12.3. The van der Waals surface area contributed by atoms with E-state index in [4.69, 9.17) is 28.4 Å². The minimum absolute atomic E-state index is 0.103. The summed E-state index contributed by atoms with van der Waals surface area (Å²) in [5.41, 5.74) is -3.93. The summed E-state index contributed by atoms with van der Waals surface area (Å²) >= 11 is 0. The van der Waals surface area contributed by atoms with Crippen molar-refractivity contribution in [3.05, 3.63) is 35.9 Å². The van der Waals surface area contributed by atoms with Crippen LogP contribution in [-0.4, -0.2) is 123 Å². The molecule has 0 unspecified atom stereocenters. The highest BCUT2D eigenvalue weighted by Crippen LogP contribution is 2.80. The standard InChI is InChI=1S/C33H45NO10/c1-17(35)44-33-21-19(14-31(38,28(42-6)26(33)36)27(21)43-29(37)18-10-8-7-9-11-18)32-20(40-4)12-13-30(16-39-3)15-34(2)25(32)22(33)23(41-5)24(30)32/h7-11,19-28,36,38H,12-16H2,1-6H3/t19-,20+,21-,22+,23+,24-,25-,26+,27-,28+,30+,31-,32+,33-/m1/s1. The molecule has 1 aliphatic heterocycles. The lowest BCUT2D eigenvalue weighted by molar-refractivity contribution is -0.316. The second-order valence-electron chi connectivity index (χ2n) is 14.2. The number of esters is 2. The molecule has 0 aromatic heterocycles. The van der Waals surface area contributed by atoms with Crippen LogP contribution in [0.15, 0.2) is 30.3 Å². The molecule has 5 aliphatic carbocycles. The van der Waals surface area contributed by atoms with E-state index in [1.807, 2.05) is 6.07 Å². The van der Waals surface area contributed by atoms with Gasteiger partial charge in [-0.25, -0.2) is 4.79 Å². The average Bonchev–Trinajstić information content (AvgIpc) is 3.39. The maximum Gasteiger partial charge on any atom is 0.338 e. The van der Waals surface area contributed by atoms with Gasteiger partial charge in [0.1, 0.15) is 23.9 Å². The third kappa shape index (κ3) is 3.41. The third-order valence-corrected chi connectivity index (χ3v) is 12.8. The predicted molar refractivity (Wildman–Crippen MR) is 154 cm³/mol. The van der Waals surface area contributed by atoms with Gasteiger partial charge >= 0.3 is 11.9 Å². The second-order valence-corrected chi connectivity index (χ2v) is 14.2. The van der Waals surface area contributed by atoms with E-state index in [1.165, 1.54) is 14.0 Å². The van der Waals surface area contributed by atoms with E-state index in [-0.39, 0.29) is 35.8 Å².